The number of fused-ring (bicyclic) bond motifs is 15. The van der Waals surface area contributed by atoms with Gasteiger partial charge in [-0.1, -0.05) is 120 Å². The fraction of sp³-hybridized carbons (Fsp3) is 0.143. The van der Waals surface area contributed by atoms with Crippen LogP contribution in [-0.4, -0.2) is 11.8 Å². The molecule has 0 unspecified atom stereocenters. The molecule has 0 atom stereocenters. The second-order valence-corrected chi connectivity index (χ2v) is 20.3. The molecule has 4 nitrogen and oxygen atoms in total. The lowest BCUT2D eigenvalue weighted by molar-refractivity contribution is 0.590. The van der Waals surface area contributed by atoms with Crippen LogP contribution in [0.5, 0.6) is 0 Å². The van der Waals surface area contributed by atoms with Crippen LogP contribution in [0.2, 0.25) is 0 Å². The Hall–Kier alpha value is -6.76. The highest BCUT2D eigenvalue weighted by Crippen LogP contribution is 2.45. The van der Waals surface area contributed by atoms with E-state index < -0.39 is 0 Å². The summed E-state index contributed by atoms with van der Waals surface area (Å²) < 4.78 is 18.6. The molecule has 0 saturated heterocycles. The van der Waals surface area contributed by atoms with Crippen LogP contribution in [0.1, 0.15) is 52.7 Å². The zero-order valence-corrected chi connectivity index (χ0v) is 36.3. The molecule has 0 aliphatic carbocycles. The third-order valence-corrected chi connectivity index (χ3v) is 14.5. The van der Waals surface area contributed by atoms with Crippen molar-refractivity contribution in [1.82, 2.24) is 4.57 Å². The van der Waals surface area contributed by atoms with Crippen molar-refractivity contribution in [2.75, 3.05) is 5.32 Å². The number of rotatable bonds is 3. The van der Waals surface area contributed by atoms with E-state index in [-0.39, 0.29) is 10.8 Å². The average molecular weight is 818 g/mol. The van der Waals surface area contributed by atoms with Gasteiger partial charge < -0.3 is 18.7 Å². The third-order valence-electron chi connectivity index (χ3n) is 13.3. The number of anilines is 2. The first-order chi connectivity index (χ1) is 30.0. The van der Waals surface area contributed by atoms with E-state index in [1.54, 1.807) is 0 Å². The maximum Gasteiger partial charge on any atom is 0.197 e. The summed E-state index contributed by atoms with van der Waals surface area (Å²) in [4.78, 5) is 0. The molecule has 12 aromatic rings. The predicted octanol–water partition coefficient (Wildman–Crippen LogP) is 14.9. The van der Waals surface area contributed by atoms with Crippen LogP contribution in [0, 0.1) is 0 Å². The Balaban J connectivity index is 1.11. The van der Waals surface area contributed by atoms with Gasteiger partial charge in [-0.25, -0.2) is 0 Å². The number of nitrogens with one attached hydrogen (secondary N) is 1. The van der Waals surface area contributed by atoms with Crippen molar-refractivity contribution < 1.29 is 8.83 Å². The molecule has 0 bridgehead atoms. The number of benzene rings is 8. The second kappa shape index (κ2) is 12.4. The highest BCUT2D eigenvalue weighted by molar-refractivity contribution is 7.25. The van der Waals surface area contributed by atoms with Gasteiger partial charge in [0.1, 0.15) is 22.3 Å². The smallest absolute Gasteiger partial charge is 0.197 e. The van der Waals surface area contributed by atoms with Crippen LogP contribution in [0.4, 0.5) is 11.4 Å². The summed E-state index contributed by atoms with van der Waals surface area (Å²) in [5.41, 5.74) is 16.4. The molecule has 1 N–H and O–H groups in total. The molecule has 1 radical (unpaired) electrons. The van der Waals surface area contributed by atoms with Gasteiger partial charge in [-0.15, -0.1) is 11.3 Å². The van der Waals surface area contributed by atoms with Gasteiger partial charge >= 0.3 is 0 Å². The molecule has 4 aromatic heterocycles. The molecule has 62 heavy (non-hydrogen) atoms. The largest absolute Gasteiger partial charge is 0.456 e. The van der Waals surface area contributed by atoms with Gasteiger partial charge in [-0.2, -0.15) is 0 Å². The second-order valence-electron chi connectivity index (χ2n) is 19.3. The lowest BCUT2D eigenvalue weighted by Crippen LogP contribution is -2.37. The number of nitrogens with zero attached hydrogens (tertiary/aromatic N) is 1. The minimum atomic E-state index is 0.00505. The van der Waals surface area contributed by atoms with Gasteiger partial charge in [0, 0.05) is 69.9 Å². The zero-order valence-electron chi connectivity index (χ0n) is 35.5. The van der Waals surface area contributed by atoms with Gasteiger partial charge in [0.15, 0.2) is 7.28 Å². The van der Waals surface area contributed by atoms with E-state index in [1.165, 1.54) is 58.8 Å². The van der Waals surface area contributed by atoms with E-state index in [4.69, 9.17) is 8.83 Å². The highest BCUT2D eigenvalue weighted by atomic mass is 32.1. The quantitative estimate of drug-likeness (QED) is 0.181. The maximum atomic E-state index is 6.78. The minimum Gasteiger partial charge on any atom is -0.456 e. The van der Waals surface area contributed by atoms with Crippen LogP contribution >= 0.6 is 11.3 Å². The molecule has 6 heteroatoms. The number of furan rings is 2. The van der Waals surface area contributed by atoms with Gasteiger partial charge in [0.25, 0.3) is 0 Å². The highest BCUT2D eigenvalue weighted by Gasteiger charge is 2.30. The third kappa shape index (κ3) is 5.13. The minimum absolute atomic E-state index is 0.00505. The van der Waals surface area contributed by atoms with Crippen molar-refractivity contribution >= 4 is 127 Å². The molecule has 0 spiro atoms. The summed E-state index contributed by atoms with van der Waals surface area (Å²) in [5, 5.41) is 13.3. The van der Waals surface area contributed by atoms with E-state index in [0.29, 0.717) is 0 Å². The number of thiophene rings is 1. The first kappa shape index (κ1) is 35.9. The van der Waals surface area contributed by atoms with Crippen LogP contribution in [0.15, 0.2) is 148 Å². The summed E-state index contributed by atoms with van der Waals surface area (Å²) in [6, 6.07) is 51.3. The van der Waals surface area contributed by atoms with E-state index >= 15 is 0 Å². The summed E-state index contributed by atoms with van der Waals surface area (Å²) in [6.07, 6.45) is 0. The summed E-state index contributed by atoms with van der Waals surface area (Å²) in [6.45, 7) is 13.6. The van der Waals surface area contributed by atoms with E-state index in [2.05, 4.69) is 198 Å². The molecule has 1 aliphatic heterocycles. The monoisotopic (exact) mass is 817 g/mol. The molecule has 297 valence electrons. The number of para-hydroxylation sites is 1. The first-order valence-corrected chi connectivity index (χ1v) is 22.4. The van der Waals surface area contributed by atoms with Gasteiger partial charge in [0.2, 0.25) is 0 Å². The number of hydrogen-bond acceptors (Lipinski definition) is 4. The predicted molar refractivity (Wildman–Crippen MR) is 266 cm³/mol. The van der Waals surface area contributed by atoms with Gasteiger partial charge in [0.05, 0.1) is 10.9 Å². The fourth-order valence-corrected chi connectivity index (χ4v) is 11.2. The van der Waals surface area contributed by atoms with Crippen molar-refractivity contribution in [3.05, 3.63) is 151 Å². The molecule has 5 heterocycles. The summed E-state index contributed by atoms with van der Waals surface area (Å²) in [5.74, 6) is 0. The normalized spacial score (nSPS) is 13.1. The topological polar surface area (TPSA) is 43.2 Å². The van der Waals surface area contributed by atoms with Gasteiger partial charge in [-0.05, 0) is 105 Å². The van der Waals surface area contributed by atoms with Crippen molar-refractivity contribution in [3.8, 4) is 16.8 Å². The number of aromatic nitrogens is 1. The van der Waals surface area contributed by atoms with Crippen LogP contribution in [0.3, 0.4) is 0 Å². The molecule has 0 fully saturated rings. The Labute approximate surface area is 363 Å². The molecule has 1 aliphatic rings. The average Bonchev–Trinajstić information content (AvgIpc) is 4.01. The summed E-state index contributed by atoms with van der Waals surface area (Å²) >= 11 is 1.86. The standard InChI is InChI=1S/C56H42BN2O2S/c1-55(2,3)30-15-18-32(19-16-30)58-43-27-40-39-25-31(56(4,5)6)17-24-47(39)60-48(40)28-38(43)35-20-21-37-51-44(23-22-36-33-11-7-9-13-46(33)61-54(36)51)59-45-29-50-41(26-42(45)57-52(35)53(37)59)34-12-8-10-14-49(34)62-50/h7-29,58H,1-6H3. The van der Waals surface area contributed by atoms with Crippen molar-refractivity contribution in [2.24, 2.45) is 0 Å². The first-order valence-electron chi connectivity index (χ1n) is 21.6. The Kier molecular flexibility index (Phi) is 7.21. The van der Waals surface area contributed by atoms with E-state index in [0.717, 1.165) is 77.3 Å². The van der Waals surface area contributed by atoms with Crippen molar-refractivity contribution in [1.29, 1.82) is 0 Å². The molecule has 0 amide bonds. The fourth-order valence-electron chi connectivity index (χ4n) is 10.1. The molecule has 8 aromatic carbocycles. The van der Waals surface area contributed by atoms with Crippen LogP contribution in [0.25, 0.3) is 103 Å². The van der Waals surface area contributed by atoms with Crippen LogP contribution in [-0.2, 0) is 10.8 Å². The lowest BCUT2D eigenvalue weighted by Gasteiger charge is -2.24. The molecule has 0 saturated carbocycles. The Morgan fingerprint density at radius 2 is 1.26 bits per heavy atom. The SMILES string of the molecule is CC(C)(C)c1ccc(Nc2cc3c(cc2-c2ccc4c5c6oc7ccccc7c6ccc5n5c4c2[B]c2cc4c(cc2-5)sc2ccccc24)oc2ccc(C(C)(C)C)cc23)cc1. The van der Waals surface area contributed by atoms with E-state index in [1.807, 2.05) is 11.3 Å². The zero-order chi connectivity index (χ0) is 41.8. The molecular weight excluding hydrogens is 776 g/mol. The maximum absolute atomic E-state index is 6.78. The Morgan fingerprint density at radius 1 is 0.532 bits per heavy atom. The van der Waals surface area contributed by atoms with Crippen molar-refractivity contribution in [3.63, 3.8) is 0 Å². The van der Waals surface area contributed by atoms with Crippen LogP contribution < -0.4 is 16.2 Å². The Morgan fingerprint density at radius 3 is 2.08 bits per heavy atom. The molecule has 13 rings (SSSR count). The van der Waals surface area contributed by atoms with Crippen molar-refractivity contribution in [2.45, 2.75) is 52.4 Å². The van der Waals surface area contributed by atoms with Gasteiger partial charge in [-0.3, -0.25) is 0 Å². The summed E-state index contributed by atoms with van der Waals surface area (Å²) in [7, 11) is 2.42. The lowest BCUT2D eigenvalue weighted by atomic mass is 9.59. The van der Waals surface area contributed by atoms with E-state index in [9.17, 15) is 0 Å². The number of hydrogen-bond donors (Lipinski definition) is 1. The Bertz CT molecular complexity index is 3880. The molecular formula is C56H42BN2O2S.